The van der Waals surface area contributed by atoms with Crippen molar-refractivity contribution in [3.63, 3.8) is 0 Å². The van der Waals surface area contributed by atoms with Crippen LogP contribution in [0.1, 0.15) is 20.8 Å². The van der Waals surface area contributed by atoms with Crippen LogP contribution in [0.25, 0.3) is 0 Å². The lowest BCUT2D eigenvalue weighted by Gasteiger charge is -2.35. The first kappa shape index (κ1) is 12.3. The first-order chi connectivity index (χ1) is 7.02. The van der Waals surface area contributed by atoms with Gasteiger partial charge in [-0.3, -0.25) is 0 Å². The molecule has 1 amide bonds. The van der Waals surface area contributed by atoms with Crippen LogP contribution in [0.3, 0.4) is 0 Å². The third-order valence-electron chi connectivity index (χ3n) is 2.18. The maximum Gasteiger partial charge on any atom is 0.410 e. The molecule has 2 N–H and O–H groups in total. The van der Waals surface area contributed by atoms with Crippen molar-refractivity contribution in [3.05, 3.63) is 0 Å². The van der Waals surface area contributed by atoms with Crippen LogP contribution in [0.4, 0.5) is 4.79 Å². The molecule has 0 aromatic heterocycles. The van der Waals surface area contributed by atoms with E-state index >= 15 is 0 Å². The second-order valence-corrected chi connectivity index (χ2v) is 4.14. The van der Waals surface area contributed by atoms with E-state index in [0.29, 0.717) is 19.6 Å². The topological polar surface area (TPSA) is 64.8 Å². The van der Waals surface area contributed by atoms with E-state index in [-0.39, 0.29) is 24.4 Å². The molecule has 1 aliphatic heterocycles. The highest BCUT2D eigenvalue weighted by atomic mass is 16.6. The third-order valence-corrected chi connectivity index (χ3v) is 2.18. The zero-order valence-electron chi connectivity index (χ0n) is 9.60. The number of nitrogens with zero attached hydrogens (tertiary/aromatic N) is 1. The Labute approximate surface area is 90.5 Å². The van der Waals surface area contributed by atoms with Crippen LogP contribution < -0.4 is 5.73 Å². The van der Waals surface area contributed by atoms with Crippen LogP contribution in [0.15, 0.2) is 0 Å². The molecule has 0 aromatic carbocycles. The molecule has 2 unspecified atom stereocenters. The van der Waals surface area contributed by atoms with Gasteiger partial charge < -0.3 is 20.1 Å². The van der Waals surface area contributed by atoms with E-state index in [2.05, 4.69) is 0 Å². The first-order valence-corrected chi connectivity index (χ1v) is 5.34. The maximum atomic E-state index is 11.6. The minimum Gasteiger partial charge on any atom is -0.447 e. The van der Waals surface area contributed by atoms with Crippen molar-refractivity contribution in [1.82, 2.24) is 4.90 Å². The normalized spacial score (nSPS) is 26.9. The van der Waals surface area contributed by atoms with Gasteiger partial charge in [0.15, 0.2) is 0 Å². The van der Waals surface area contributed by atoms with Gasteiger partial charge in [-0.05, 0) is 20.8 Å². The average molecular weight is 216 g/mol. The van der Waals surface area contributed by atoms with Gasteiger partial charge in [-0.2, -0.15) is 0 Å². The first-order valence-electron chi connectivity index (χ1n) is 5.34. The van der Waals surface area contributed by atoms with E-state index in [9.17, 15) is 4.79 Å². The Morgan fingerprint density at radius 3 is 2.80 bits per heavy atom. The highest BCUT2D eigenvalue weighted by Crippen LogP contribution is 2.12. The molecule has 0 bridgehead atoms. The summed E-state index contributed by atoms with van der Waals surface area (Å²) < 4.78 is 10.7. The molecule has 0 spiro atoms. The molecule has 0 aliphatic carbocycles. The maximum absolute atomic E-state index is 11.6. The predicted octanol–water partition coefficient (Wildman–Crippen LogP) is 0.579. The van der Waals surface area contributed by atoms with Crippen LogP contribution in [-0.4, -0.2) is 48.9 Å². The van der Waals surface area contributed by atoms with Gasteiger partial charge in [0.1, 0.15) is 0 Å². The van der Waals surface area contributed by atoms with Gasteiger partial charge in [-0.25, -0.2) is 4.79 Å². The summed E-state index contributed by atoms with van der Waals surface area (Å²) in [5, 5.41) is 0. The third kappa shape index (κ3) is 3.68. The zero-order valence-corrected chi connectivity index (χ0v) is 9.60. The molecule has 1 saturated heterocycles. The highest BCUT2D eigenvalue weighted by molar-refractivity contribution is 5.68. The average Bonchev–Trinajstić information content (AvgIpc) is 2.15. The lowest BCUT2D eigenvalue weighted by molar-refractivity contribution is -0.0698. The Morgan fingerprint density at radius 2 is 2.27 bits per heavy atom. The molecule has 1 rings (SSSR count). The number of ether oxygens (including phenoxy) is 2. The van der Waals surface area contributed by atoms with E-state index in [1.54, 1.807) is 4.90 Å². The Balaban J connectivity index is 2.50. The van der Waals surface area contributed by atoms with Crippen molar-refractivity contribution >= 4 is 6.09 Å². The molecular weight excluding hydrogens is 196 g/mol. The van der Waals surface area contributed by atoms with E-state index in [0.717, 1.165) is 0 Å². The van der Waals surface area contributed by atoms with Crippen LogP contribution in [0.2, 0.25) is 0 Å². The summed E-state index contributed by atoms with van der Waals surface area (Å²) >= 11 is 0. The number of carbonyl (C=O) groups excluding carboxylic acids is 1. The summed E-state index contributed by atoms with van der Waals surface area (Å²) in [4.78, 5) is 13.3. The quantitative estimate of drug-likeness (QED) is 0.733. The van der Waals surface area contributed by atoms with Gasteiger partial charge in [0, 0.05) is 6.54 Å². The number of hydrogen-bond donors (Lipinski definition) is 1. The largest absolute Gasteiger partial charge is 0.447 e. The number of amides is 1. The van der Waals surface area contributed by atoms with Crippen molar-refractivity contribution in [2.45, 2.75) is 39.1 Å². The fraction of sp³-hybridized carbons (Fsp3) is 0.900. The molecule has 0 radical (unpaired) electrons. The molecular formula is C10H20N2O3. The minimum absolute atomic E-state index is 0.0204. The van der Waals surface area contributed by atoms with Gasteiger partial charge in [0.05, 0.1) is 31.4 Å². The summed E-state index contributed by atoms with van der Waals surface area (Å²) in [5.74, 6) is 0. The fourth-order valence-electron chi connectivity index (χ4n) is 1.60. The summed E-state index contributed by atoms with van der Waals surface area (Å²) in [6, 6.07) is 0. The van der Waals surface area contributed by atoms with Crippen molar-refractivity contribution in [3.8, 4) is 0 Å². The van der Waals surface area contributed by atoms with E-state index in [4.69, 9.17) is 15.2 Å². The molecule has 1 fully saturated rings. The number of morpholine rings is 1. The van der Waals surface area contributed by atoms with E-state index in [1.165, 1.54) is 0 Å². The molecule has 2 atom stereocenters. The SMILES string of the molecule is CC(C)OC(=O)N1CC(C)OC(CN)C1. The van der Waals surface area contributed by atoms with Gasteiger partial charge in [0.2, 0.25) is 0 Å². The minimum atomic E-state index is -0.279. The Bertz CT molecular complexity index is 221. The summed E-state index contributed by atoms with van der Waals surface area (Å²) in [6.07, 6.45) is -0.425. The standard InChI is InChI=1S/C10H20N2O3/c1-7(2)14-10(13)12-5-8(3)15-9(4-11)6-12/h7-9H,4-6,11H2,1-3H3. The van der Waals surface area contributed by atoms with Gasteiger partial charge >= 0.3 is 6.09 Å². The Kier molecular flexibility index (Phi) is 4.35. The van der Waals surface area contributed by atoms with Crippen LogP contribution in [0, 0.1) is 0 Å². The second-order valence-electron chi connectivity index (χ2n) is 4.14. The number of hydrogen-bond acceptors (Lipinski definition) is 4. The fourth-order valence-corrected chi connectivity index (χ4v) is 1.60. The number of nitrogens with two attached hydrogens (primary N) is 1. The lowest BCUT2D eigenvalue weighted by atomic mass is 10.2. The van der Waals surface area contributed by atoms with Crippen molar-refractivity contribution < 1.29 is 14.3 Å². The molecule has 5 heteroatoms. The summed E-state index contributed by atoms with van der Waals surface area (Å²) in [5.41, 5.74) is 5.53. The monoisotopic (exact) mass is 216 g/mol. The lowest BCUT2D eigenvalue weighted by Crippen LogP contribution is -2.51. The molecule has 15 heavy (non-hydrogen) atoms. The molecule has 5 nitrogen and oxygen atoms in total. The van der Waals surface area contributed by atoms with Gasteiger partial charge in [-0.15, -0.1) is 0 Å². The van der Waals surface area contributed by atoms with Crippen molar-refractivity contribution in [2.24, 2.45) is 5.73 Å². The molecule has 88 valence electrons. The molecule has 0 aromatic rings. The van der Waals surface area contributed by atoms with Gasteiger partial charge in [0.25, 0.3) is 0 Å². The number of rotatable bonds is 2. The van der Waals surface area contributed by atoms with Gasteiger partial charge in [-0.1, -0.05) is 0 Å². The zero-order chi connectivity index (χ0) is 11.4. The second kappa shape index (κ2) is 5.32. The summed E-state index contributed by atoms with van der Waals surface area (Å²) in [7, 11) is 0. The smallest absolute Gasteiger partial charge is 0.410 e. The molecule has 0 saturated carbocycles. The summed E-state index contributed by atoms with van der Waals surface area (Å²) in [6.45, 7) is 7.12. The Morgan fingerprint density at radius 1 is 1.60 bits per heavy atom. The predicted molar refractivity (Wildman–Crippen MR) is 56.6 cm³/mol. The molecule has 1 aliphatic rings. The van der Waals surface area contributed by atoms with Crippen molar-refractivity contribution in [2.75, 3.05) is 19.6 Å². The number of carbonyl (C=O) groups is 1. The molecule has 1 heterocycles. The van der Waals surface area contributed by atoms with Crippen LogP contribution in [0.5, 0.6) is 0 Å². The Hall–Kier alpha value is -0.810. The van der Waals surface area contributed by atoms with Crippen molar-refractivity contribution in [1.29, 1.82) is 0 Å². The highest BCUT2D eigenvalue weighted by Gasteiger charge is 2.28. The van der Waals surface area contributed by atoms with Crippen LogP contribution in [-0.2, 0) is 9.47 Å². The van der Waals surface area contributed by atoms with E-state index < -0.39 is 0 Å². The van der Waals surface area contributed by atoms with Crippen LogP contribution >= 0.6 is 0 Å². The van der Waals surface area contributed by atoms with E-state index in [1.807, 2.05) is 20.8 Å².